The van der Waals surface area contributed by atoms with Gasteiger partial charge < -0.3 is 10.6 Å². The maximum atomic E-state index is 5.84. The summed E-state index contributed by atoms with van der Waals surface area (Å²) in [5.41, 5.74) is 2.22. The standard InChI is InChI=1S/C16H18Cl2N2/c17-13-3-7-15(8-4-13)19-11-1-2-12-20-16-9-5-14(18)6-10-16/h3-10,19-20H,1-2,11-12H2. The molecule has 0 aliphatic heterocycles. The highest BCUT2D eigenvalue weighted by Gasteiger charge is 1.94. The molecule has 2 aromatic rings. The third-order valence-corrected chi connectivity index (χ3v) is 3.45. The summed E-state index contributed by atoms with van der Waals surface area (Å²) >= 11 is 11.7. The maximum Gasteiger partial charge on any atom is 0.0407 e. The fourth-order valence-corrected chi connectivity index (χ4v) is 2.10. The van der Waals surface area contributed by atoms with Crippen LogP contribution in [0.25, 0.3) is 0 Å². The van der Waals surface area contributed by atoms with Gasteiger partial charge in [0.1, 0.15) is 0 Å². The molecule has 2 N–H and O–H groups in total. The summed E-state index contributed by atoms with van der Waals surface area (Å²) < 4.78 is 0. The van der Waals surface area contributed by atoms with Gasteiger partial charge in [0.2, 0.25) is 0 Å². The molecular formula is C16H18Cl2N2. The van der Waals surface area contributed by atoms with E-state index in [1.54, 1.807) is 0 Å². The van der Waals surface area contributed by atoms with Crippen molar-refractivity contribution in [1.82, 2.24) is 0 Å². The number of benzene rings is 2. The van der Waals surface area contributed by atoms with Gasteiger partial charge >= 0.3 is 0 Å². The Morgan fingerprint density at radius 1 is 0.600 bits per heavy atom. The Balaban J connectivity index is 1.57. The van der Waals surface area contributed by atoms with E-state index in [4.69, 9.17) is 23.2 Å². The highest BCUT2D eigenvalue weighted by Crippen LogP contribution is 2.14. The van der Waals surface area contributed by atoms with Gasteiger partial charge in [-0.05, 0) is 61.4 Å². The summed E-state index contributed by atoms with van der Waals surface area (Å²) in [6.07, 6.45) is 2.23. The summed E-state index contributed by atoms with van der Waals surface area (Å²) in [5, 5.41) is 8.28. The molecule has 20 heavy (non-hydrogen) atoms. The van der Waals surface area contributed by atoms with Gasteiger partial charge in [0.15, 0.2) is 0 Å². The molecule has 2 aromatic carbocycles. The van der Waals surface area contributed by atoms with E-state index in [0.717, 1.165) is 47.4 Å². The number of nitrogens with one attached hydrogen (secondary N) is 2. The van der Waals surface area contributed by atoms with Crippen LogP contribution in [0.5, 0.6) is 0 Å². The first-order valence-corrected chi connectivity index (χ1v) is 7.48. The lowest BCUT2D eigenvalue weighted by atomic mass is 10.2. The van der Waals surface area contributed by atoms with Crippen LogP contribution in [0.1, 0.15) is 12.8 Å². The van der Waals surface area contributed by atoms with Gasteiger partial charge in [-0.1, -0.05) is 23.2 Å². The second kappa shape index (κ2) is 8.03. The van der Waals surface area contributed by atoms with Gasteiger partial charge in [-0.2, -0.15) is 0 Å². The van der Waals surface area contributed by atoms with E-state index in [0.29, 0.717) is 0 Å². The molecule has 0 amide bonds. The predicted molar refractivity (Wildman–Crippen MR) is 89.1 cm³/mol. The molecule has 0 aliphatic carbocycles. The van der Waals surface area contributed by atoms with Gasteiger partial charge in [0, 0.05) is 34.5 Å². The van der Waals surface area contributed by atoms with E-state index >= 15 is 0 Å². The predicted octanol–water partition coefficient (Wildman–Crippen LogP) is 5.30. The Kier molecular flexibility index (Phi) is 6.03. The molecule has 2 rings (SSSR count). The first-order valence-electron chi connectivity index (χ1n) is 6.73. The van der Waals surface area contributed by atoms with Crippen molar-refractivity contribution in [2.24, 2.45) is 0 Å². The third kappa shape index (κ3) is 5.32. The summed E-state index contributed by atoms with van der Waals surface area (Å²) in [4.78, 5) is 0. The zero-order valence-corrected chi connectivity index (χ0v) is 12.7. The normalized spacial score (nSPS) is 10.3. The summed E-state index contributed by atoms with van der Waals surface area (Å²) in [6, 6.07) is 15.6. The lowest BCUT2D eigenvalue weighted by Crippen LogP contribution is -2.06. The number of halogens is 2. The number of rotatable bonds is 7. The number of anilines is 2. The van der Waals surface area contributed by atoms with Gasteiger partial charge in [0.25, 0.3) is 0 Å². The van der Waals surface area contributed by atoms with Crippen LogP contribution in [-0.2, 0) is 0 Å². The van der Waals surface area contributed by atoms with E-state index in [-0.39, 0.29) is 0 Å². The number of unbranched alkanes of at least 4 members (excludes halogenated alkanes) is 1. The first kappa shape index (κ1) is 15.0. The van der Waals surface area contributed by atoms with Gasteiger partial charge in [-0.25, -0.2) is 0 Å². The third-order valence-electron chi connectivity index (χ3n) is 2.95. The van der Waals surface area contributed by atoms with Crippen molar-refractivity contribution in [2.75, 3.05) is 23.7 Å². The highest BCUT2D eigenvalue weighted by molar-refractivity contribution is 6.30. The van der Waals surface area contributed by atoms with Crippen molar-refractivity contribution in [2.45, 2.75) is 12.8 Å². The zero-order chi connectivity index (χ0) is 14.2. The van der Waals surface area contributed by atoms with Crippen LogP contribution in [0.4, 0.5) is 11.4 Å². The fraction of sp³-hybridized carbons (Fsp3) is 0.250. The molecule has 0 aromatic heterocycles. The molecule has 106 valence electrons. The van der Waals surface area contributed by atoms with Crippen LogP contribution < -0.4 is 10.6 Å². The monoisotopic (exact) mass is 308 g/mol. The maximum absolute atomic E-state index is 5.84. The van der Waals surface area contributed by atoms with Crippen LogP contribution in [-0.4, -0.2) is 13.1 Å². The van der Waals surface area contributed by atoms with Crippen LogP contribution in [0, 0.1) is 0 Å². The number of hydrogen-bond donors (Lipinski definition) is 2. The molecule has 0 unspecified atom stereocenters. The molecule has 0 heterocycles. The van der Waals surface area contributed by atoms with E-state index in [2.05, 4.69) is 10.6 Å². The molecule has 0 atom stereocenters. The number of hydrogen-bond acceptors (Lipinski definition) is 2. The van der Waals surface area contributed by atoms with Gasteiger partial charge in [0.05, 0.1) is 0 Å². The average Bonchev–Trinajstić information content (AvgIpc) is 2.46. The molecular weight excluding hydrogens is 291 g/mol. The molecule has 0 saturated heterocycles. The molecule has 2 nitrogen and oxygen atoms in total. The second-order valence-electron chi connectivity index (χ2n) is 4.57. The van der Waals surface area contributed by atoms with Gasteiger partial charge in [-0.15, -0.1) is 0 Å². The molecule has 4 heteroatoms. The molecule has 0 saturated carbocycles. The SMILES string of the molecule is Clc1ccc(NCCCCNc2ccc(Cl)cc2)cc1. The largest absolute Gasteiger partial charge is 0.385 e. The fourth-order valence-electron chi connectivity index (χ4n) is 1.85. The Morgan fingerprint density at radius 3 is 1.30 bits per heavy atom. The van der Waals surface area contributed by atoms with Crippen molar-refractivity contribution in [1.29, 1.82) is 0 Å². The van der Waals surface area contributed by atoms with E-state index < -0.39 is 0 Å². The zero-order valence-electron chi connectivity index (χ0n) is 11.2. The second-order valence-corrected chi connectivity index (χ2v) is 5.45. The first-order chi connectivity index (χ1) is 9.74. The minimum atomic E-state index is 0.766. The quantitative estimate of drug-likeness (QED) is 0.678. The molecule has 0 spiro atoms. The Bertz CT molecular complexity index is 460. The minimum Gasteiger partial charge on any atom is -0.385 e. The van der Waals surface area contributed by atoms with Gasteiger partial charge in [-0.3, -0.25) is 0 Å². The van der Waals surface area contributed by atoms with E-state index in [9.17, 15) is 0 Å². The topological polar surface area (TPSA) is 24.1 Å². The van der Waals surface area contributed by atoms with E-state index in [1.165, 1.54) is 0 Å². The Labute approximate surface area is 130 Å². The van der Waals surface area contributed by atoms with E-state index in [1.807, 2.05) is 48.5 Å². The molecule has 0 bridgehead atoms. The average molecular weight is 309 g/mol. The molecule has 0 radical (unpaired) electrons. The Morgan fingerprint density at radius 2 is 0.950 bits per heavy atom. The van der Waals surface area contributed by atoms with Crippen LogP contribution >= 0.6 is 23.2 Å². The lowest BCUT2D eigenvalue weighted by Gasteiger charge is -2.08. The van der Waals surface area contributed by atoms with Crippen molar-refractivity contribution in [3.05, 3.63) is 58.6 Å². The summed E-state index contributed by atoms with van der Waals surface area (Å²) in [5.74, 6) is 0. The van der Waals surface area contributed by atoms with Crippen LogP contribution in [0.15, 0.2) is 48.5 Å². The highest BCUT2D eigenvalue weighted by atomic mass is 35.5. The molecule has 0 aliphatic rings. The summed E-state index contributed by atoms with van der Waals surface area (Å²) in [6.45, 7) is 1.92. The smallest absolute Gasteiger partial charge is 0.0407 e. The lowest BCUT2D eigenvalue weighted by molar-refractivity contribution is 0.796. The van der Waals surface area contributed by atoms with Crippen molar-refractivity contribution in [3.8, 4) is 0 Å². The molecule has 0 fully saturated rings. The van der Waals surface area contributed by atoms with Crippen LogP contribution in [0.2, 0.25) is 10.0 Å². The van der Waals surface area contributed by atoms with Crippen molar-refractivity contribution >= 4 is 34.6 Å². The Hall–Kier alpha value is -1.38. The minimum absolute atomic E-state index is 0.766. The van der Waals surface area contributed by atoms with Crippen molar-refractivity contribution < 1.29 is 0 Å². The van der Waals surface area contributed by atoms with Crippen molar-refractivity contribution in [3.63, 3.8) is 0 Å². The van der Waals surface area contributed by atoms with Crippen LogP contribution in [0.3, 0.4) is 0 Å². The summed E-state index contributed by atoms with van der Waals surface area (Å²) in [7, 11) is 0.